The van der Waals surface area contributed by atoms with Gasteiger partial charge >= 0.3 is 0 Å². The van der Waals surface area contributed by atoms with E-state index in [1.54, 1.807) is 0 Å². The van der Waals surface area contributed by atoms with Crippen LogP contribution in [0.15, 0.2) is 0 Å². The highest BCUT2D eigenvalue weighted by molar-refractivity contribution is 5.78. The van der Waals surface area contributed by atoms with Crippen LogP contribution in [0.25, 0.3) is 0 Å². The van der Waals surface area contributed by atoms with Crippen LogP contribution < -0.4 is 5.32 Å². The summed E-state index contributed by atoms with van der Waals surface area (Å²) in [6.45, 7) is 6.83. The van der Waals surface area contributed by atoms with Gasteiger partial charge in [-0.25, -0.2) is 0 Å². The smallest absolute Gasteiger partial charge is 0.236 e. The maximum absolute atomic E-state index is 11.8. The van der Waals surface area contributed by atoms with Crippen molar-refractivity contribution in [3.8, 4) is 12.3 Å². The fraction of sp³-hybridized carbons (Fsp3) is 0.769. The minimum atomic E-state index is 0.164. The fourth-order valence-electron chi connectivity index (χ4n) is 1.41. The number of rotatable bonds is 9. The molecular formula is C13H24N2O. The standard InChI is InChI=1S/C13H24N2O/c1-4-7-10-15(11-8-5-2)13(16)12-14-9-6-3/h3,14H,4-5,7-12H2,1-2H3. The van der Waals surface area contributed by atoms with Gasteiger partial charge in [0.2, 0.25) is 5.91 Å². The number of hydrogen-bond acceptors (Lipinski definition) is 2. The van der Waals surface area contributed by atoms with Crippen molar-refractivity contribution in [2.24, 2.45) is 0 Å². The Hall–Kier alpha value is -1.01. The van der Waals surface area contributed by atoms with Crippen LogP contribution in [0.4, 0.5) is 0 Å². The highest BCUT2D eigenvalue weighted by Gasteiger charge is 2.11. The number of carbonyl (C=O) groups is 1. The third-order valence-corrected chi connectivity index (χ3v) is 2.42. The monoisotopic (exact) mass is 224 g/mol. The van der Waals surface area contributed by atoms with E-state index in [-0.39, 0.29) is 5.91 Å². The molecule has 16 heavy (non-hydrogen) atoms. The molecule has 3 nitrogen and oxygen atoms in total. The van der Waals surface area contributed by atoms with E-state index in [0.29, 0.717) is 13.1 Å². The molecule has 0 rings (SSSR count). The lowest BCUT2D eigenvalue weighted by atomic mass is 10.2. The normalized spacial score (nSPS) is 9.81. The molecule has 0 saturated heterocycles. The molecular weight excluding hydrogens is 200 g/mol. The molecule has 0 fully saturated rings. The third-order valence-electron chi connectivity index (χ3n) is 2.42. The first-order valence-electron chi connectivity index (χ1n) is 6.18. The van der Waals surface area contributed by atoms with Gasteiger partial charge in [-0.2, -0.15) is 0 Å². The van der Waals surface area contributed by atoms with Crippen LogP contribution in [0.2, 0.25) is 0 Å². The summed E-state index contributed by atoms with van der Waals surface area (Å²) in [4.78, 5) is 13.8. The quantitative estimate of drug-likeness (QED) is 0.477. The van der Waals surface area contributed by atoms with Gasteiger partial charge in [-0.1, -0.05) is 32.6 Å². The highest BCUT2D eigenvalue weighted by Crippen LogP contribution is 1.99. The zero-order valence-corrected chi connectivity index (χ0v) is 10.6. The topological polar surface area (TPSA) is 32.3 Å². The molecule has 0 radical (unpaired) electrons. The number of carbonyl (C=O) groups excluding carboxylic acids is 1. The molecule has 0 aromatic carbocycles. The van der Waals surface area contributed by atoms with Gasteiger partial charge < -0.3 is 4.90 Å². The van der Waals surface area contributed by atoms with E-state index in [1.807, 2.05) is 4.90 Å². The molecule has 0 aromatic heterocycles. The van der Waals surface area contributed by atoms with Gasteiger partial charge in [0, 0.05) is 13.1 Å². The van der Waals surface area contributed by atoms with Crippen LogP contribution in [0.1, 0.15) is 39.5 Å². The minimum Gasteiger partial charge on any atom is -0.342 e. The lowest BCUT2D eigenvalue weighted by Gasteiger charge is -2.22. The molecule has 0 aliphatic rings. The molecule has 0 bridgehead atoms. The Morgan fingerprint density at radius 1 is 1.25 bits per heavy atom. The Morgan fingerprint density at radius 2 is 1.81 bits per heavy atom. The first-order chi connectivity index (χ1) is 7.76. The lowest BCUT2D eigenvalue weighted by molar-refractivity contribution is -0.130. The molecule has 92 valence electrons. The summed E-state index contributed by atoms with van der Waals surface area (Å²) >= 11 is 0. The molecule has 0 aromatic rings. The van der Waals surface area contributed by atoms with Crippen molar-refractivity contribution in [2.75, 3.05) is 26.2 Å². The predicted octanol–water partition coefficient (Wildman–Crippen LogP) is 1.64. The van der Waals surface area contributed by atoms with Crippen LogP contribution in [0.3, 0.4) is 0 Å². The Bertz CT molecular complexity index is 212. The Kier molecular flexibility index (Phi) is 9.84. The van der Waals surface area contributed by atoms with Crippen molar-refractivity contribution in [1.82, 2.24) is 10.2 Å². The summed E-state index contributed by atoms with van der Waals surface area (Å²) in [5.41, 5.74) is 0. The van der Waals surface area contributed by atoms with Crippen molar-refractivity contribution < 1.29 is 4.79 Å². The van der Waals surface area contributed by atoms with E-state index >= 15 is 0 Å². The van der Waals surface area contributed by atoms with Crippen molar-refractivity contribution in [2.45, 2.75) is 39.5 Å². The maximum atomic E-state index is 11.8. The summed E-state index contributed by atoms with van der Waals surface area (Å²) in [7, 11) is 0. The molecule has 0 atom stereocenters. The molecule has 1 amide bonds. The van der Waals surface area contributed by atoms with Gasteiger partial charge in [-0.3, -0.25) is 10.1 Å². The van der Waals surface area contributed by atoms with Crippen molar-refractivity contribution >= 4 is 5.91 Å². The highest BCUT2D eigenvalue weighted by atomic mass is 16.2. The van der Waals surface area contributed by atoms with Gasteiger partial charge in [0.15, 0.2) is 0 Å². The molecule has 0 unspecified atom stereocenters. The predicted molar refractivity (Wildman–Crippen MR) is 68.1 cm³/mol. The van der Waals surface area contributed by atoms with Crippen LogP contribution in [-0.4, -0.2) is 37.0 Å². The Morgan fingerprint density at radius 3 is 2.25 bits per heavy atom. The number of hydrogen-bond donors (Lipinski definition) is 1. The summed E-state index contributed by atoms with van der Waals surface area (Å²) in [6, 6.07) is 0. The molecule has 0 spiro atoms. The zero-order valence-electron chi connectivity index (χ0n) is 10.6. The molecule has 0 saturated carbocycles. The van der Waals surface area contributed by atoms with Crippen molar-refractivity contribution in [3.05, 3.63) is 0 Å². The summed E-state index contributed by atoms with van der Waals surface area (Å²) < 4.78 is 0. The first kappa shape index (κ1) is 15.0. The second-order valence-corrected chi connectivity index (χ2v) is 3.90. The Balaban J connectivity index is 3.94. The van der Waals surface area contributed by atoms with E-state index in [0.717, 1.165) is 38.8 Å². The zero-order chi connectivity index (χ0) is 12.2. The van der Waals surface area contributed by atoms with E-state index in [9.17, 15) is 4.79 Å². The van der Waals surface area contributed by atoms with E-state index < -0.39 is 0 Å². The molecule has 0 aliphatic carbocycles. The molecule has 1 N–H and O–H groups in total. The van der Waals surface area contributed by atoms with E-state index in [2.05, 4.69) is 25.1 Å². The van der Waals surface area contributed by atoms with Crippen LogP contribution in [0, 0.1) is 12.3 Å². The van der Waals surface area contributed by atoms with Gasteiger partial charge in [-0.15, -0.1) is 6.42 Å². The second-order valence-electron chi connectivity index (χ2n) is 3.90. The van der Waals surface area contributed by atoms with Crippen LogP contribution in [-0.2, 0) is 4.79 Å². The first-order valence-corrected chi connectivity index (χ1v) is 6.18. The van der Waals surface area contributed by atoms with Crippen molar-refractivity contribution in [1.29, 1.82) is 0 Å². The Labute approximate surface area is 99.6 Å². The SMILES string of the molecule is C#CCNCC(=O)N(CCCC)CCCC. The number of amides is 1. The molecule has 0 heterocycles. The second kappa shape index (κ2) is 10.5. The minimum absolute atomic E-state index is 0.164. The maximum Gasteiger partial charge on any atom is 0.236 e. The van der Waals surface area contributed by atoms with Crippen molar-refractivity contribution in [3.63, 3.8) is 0 Å². The van der Waals surface area contributed by atoms with Gasteiger partial charge in [-0.05, 0) is 12.8 Å². The molecule has 0 aliphatic heterocycles. The number of nitrogens with zero attached hydrogens (tertiary/aromatic N) is 1. The fourth-order valence-corrected chi connectivity index (χ4v) is 1.41. The van der Waals surface area contributed by atoms with Crippen LogP contribution >= 0.6 is 0 Å². The van der Waals surface area contributed by atoms with Crippen LogP contribution in [0.5, 0.6) is 0 Å². The average molecular weight is 224 g/mol. The van der Waals surface area contributed by atoms with E-state index in [4.69, 9.17) is 6.42 Å². The van der Waals surface area contributed by atoms with E-state index in [1.165, 1.54) is 0 Å². The largest absolute Gasteiger partial charge is 0.342 e. The van der Waals surface area contributed by atoms with Gasteiger partial charge in [0.05, 0.1) is 13.1 Å². The summed E-state index contributed by atoms with van der Waals surface area (Å²) in [5, 5.41) is 2.94. The third kappa shape index (κ3) is 7.30. The van der Waals surface area contributed by atoms with Gasteiger partial charge in [0.25, 0.3) is 0 Å². The number of terminal acetylenes is 1. The summed E-state index contributed by atoms with van der Waals surface area (Å²) in [5.74, 6) is 2.63. The number of nitrogens with one attached hydrogen (secondary N) is 1. The molecule has 3 heteroatoms. The summed E-state index contributed by atoms with van der Waals surface area (Å²) in [6.07, 6.45) is 9.50. The van der Waals surface area contributed by atoms with Gasteiger partial charge in [0.1, 0.15) is 0 Å². The average Bonchev–Trinajstić information content (AvgIpc) is 2.29. The lowest BCUT2D eigenvalue weighted by Crippen LogP contribution is -2.39. The number of unbranched alkanes of at least 4 members (excludes halogenated alkanes) is 2.